The normalized spacial score (nSPS) is 23.1. The van der Waals surface area contributed by atoms with Crippen LogP contribution in [0, 0.1) is 0 Å². The number of methoxy groups -OCH3 is 1. The highest BCUT2D eigenvalue weighted by Gasteiger charge is 2.22. The Kier molecular flexibility index (Phi) is 4.72. The van der Waals surface area contributed by atoms with Gasteiger partial charge in [0.2, 0.25) is 0 Å². The maximum Gasteiger partial charge on any atom is 0.127 e. The van der Waals surface area contributed by atoms with E-state index < -0.39 is 0 Å². The lowest BCUT2D eigenvalue weighted by Gasteiger charge is -2.15. The number of hydrogen-bond donors (Lipinski definition) is 0. The van der Waals surface area contributed by atoms with Crippen molar-refractivity contribution in [2.45, 2.75) is 37.9 Å². The van der Waals surface area contributed by atoms with Gasteiger partial charge in [0.1, 0.15) is 18.1 Å². The number of benzene rings is 1. The number of alkyl halides is 1. The Hall–Kier alpha value is -0.930. The van der Waals surface area contributed by atoms with E-state index in [1.54, 1.807) is 7.11 Å². The summed E-state index contributed by atoms with van der Waals surface area (Å²) in [4.78, 5) is 0. The van der Waals surface area contributed by atoms with E-state index >= 15 is 0 Å². The molecule has 1 fully saturated rings. The van der Waals surface area contributed by atoms with Gasteiger partial charge in [-0.25, -0.2) is 0 Å². The van der Waals surface area contributed by atoms with Crippen LogP contribution in [-0.2, 0) is 10.6 Å². The first-order valence-electron chi connectivity index (χ1n) is 6.24. The summed E-state index contributed by atoms with van der Waals surface area (Å²) < 4.78 is 16.7. The summed E-state index contributed by atoms with van der Waals surface area (Å²) in [5.74, 6) is 1.99. The molecule has 0 aliphatic carbocycles. The van der Waals surface area contributed by atoms with Crippen LogP contribution in [0.25, 0.3) is 0 Å². The molecule has 3 nitrogen and oxygen atoms in total. The zero-order valence-electron chi connectivity index (χ0n) is 10.8. The zero-order chi connectivity index (χ0) is 13.0. The minimum Gasteiger partial charge on any atom is -0.497 e. The third-order valence-electron chi connectivity index (χ3n) is 3.16. The molecule has 0 saturated carbocycles. The molecule has 0 aromatic heterocycles. The maximum atomic E-state index is 5.89. The Morgan fingerprint density at radius 3 is 2.83 bits per heavy atom. The molecule has 0 bridgehead atoms. The van der Waals surface area contributed by atoms with Crippen molar-refractivity contribution in [1.82, 2.24) is 0 Å². The number of hydrogen-bond acceptors (Lipinski definition) is 3. The van der Waals surface area contributed by atoms with E-state index in [-0.39, 0.29) is 6.10 Å². The van der Waals surface area contributed by atoms with Crippen LogP contribution in [-0.4, -0.2) is 25.9 Å². The molecule has 0 spiro atoms. The van der Waals surface area contributed by atoms with E-state index in [0.717, 1.165) is 29.9 Å². The molecule has 1 saturated heterocycles. The molecule has 1 aromatic carbocycles. The lowest BCUT2D eigenvalue weighted by Crippen LogP contribution is -2.18. The molecular formula is C14H19ClO3. The third-order valence-corrected chi connectivity index (χ3v) is 3.45. The highest BCUT2D eigenvalue weighted by Crippen LogP contribution is 2.27. The van der Waals surface area contributed by atoms with Crippen molar-refractivity contribution in [1.29, 1.82) is 0 Å². The van der Waals surface area contributed by atoms with Crippen LogP contribution in [0.4, 0.5) is 0 Å². The molecule has 1 aromatic rings. The predicted molar refractivity (Wildman–Crippen MR) is 71.6 cm³/mol. The number of halogens is 1. The number of ether oxygens (including phenoxy) is 3. The van der Waals surface area contributed by atoms with Crippen molar-refractivity contribution in [2.24, 2.45) is 0 Å². The second-order valence-corrected chi connectivity index (χ2v) is 4.83. The van der Waals surface area contributed by atoms with E-state index in [1.165, 1.54) is 0 Å². The molecule has 2 unspecified atom stereocenters. The molecule has 100 valence electrons. The molecule has 18 heavy (non-hydrogen) atoms. The highest BCUT2D eigenvalue weighted by molar-refractivity contribution is 6.17. The highest BCUT2D eigenvalue weighted by atomic mass is 35.5. The van der Waals surface area contributed by atoms with Gasteiger partial charge in [0, 0.05) is 11.6 Å². The van der Waals surface area contributed by atoms with E-state index in [9.17, 15) is 0 Å². The van der Waals surface area contributed by atoms with Crippen LogP contribution < -0.4 is 9.47 Å². The van der Waals surface area contributed by atoms with Gasteiger partial charge in [0.05, 0.1) is 25.2 Å². The Balaban J connectivity index is 1.98. The largest absolute Gasteiger partial charge is 0.497 e. The fraction of sp³-hybridized carbons (Fsp3) is 0.571. The Morgan fingerprint density at radius 2 is 2.22 bits per heavy atom. The quantitative estimate of drug-likeness (QED) is 0.768. The fourth-order valence-electron chi connectivity index (χ4n) is 2.10. The van der Waals surface area contributed by atoms with E-state index in [1.807, 2.05) is 18.2 Å². The van der Waals surface area contributed by atoms with Crippen molar-refractivity contribution in [3.63, 3.8) is 0 Å². The van der Waals surface area contributed by atoms with Crippen molar-refractivity contribution in [2.75, 3.05) is 13.7 Å². The Morgan fingerprint density at radius 1 is 1.39 bits per heavy atom. The van der Waals surface area contributed by atoms with Gasteiger partial charge in [0.15, 0.2) is 0 Å². The molecular weight excluding hydrogens is 252 g/mol. The fourth-order valence-corrected chi connectivity index (χ4v) is 2.32. The molecule has 4 heteroatoms. The molecule has 2 rings (SSSR count). The predicted octanol–water partition coefficient (Wildman–Crippen LogP) is 3.38. The van der Waals surface area contributed by atoms with Crippen molar-refractivity contribution in [3.05, 3.63) is 23.8 Å². The molecule has 1 aliphatic heterocycles. The minimum atomic E-state index is 0.189. The lowest BCUT2D eigenvalue weighted by molar-refractivity contribution is 0.0262. The summed E-state index contributed by atoms with van der Waals surface area (Å²) in [6, 6.07) is 5.69. The zero-order valence-corrected chi connectivity index (χ0v) is 11.6. The van der Waals surface area contributed by atoms with Gasteiger partial charge in [-0.15, -0.1) is 11.6 Å². The summed E-state index contributed by atoms with van der Waals surface area (Å²) in [5, 5.41) is 0. The minimum absolute atomic E-state index is 0.189. The smallest absolute Gasteiger partial charge is 0.127 e. The molecule has 2 atom stereocenters. The van der Waals surface area contributed by atoms with Gasteiger partial charge in [-0.2, -0.15) is 0 Å². The summed E-state index contributed by atoms with van der Waals surface area (Å²) in [7, 11) is 1.64. The number of rotatable bonds is 5. The first-order valence-corrected chi connectivity index (χ1v) is 6.77. The van der Waals surface area contributed by atoms with Gasteiger partial charge >= 0.3 is 0 Å². The van der Waals surface area contributed by atoms with Crippen LogP contribution in [0.3, 0.4) is 0 Å². The van der Waals surface area contributed by atoms with Gasteiger partial charge in [-0.3, -0.25) is 0 Å². The summed E-state index contributed by atoms with van der Waals surface area (Å²) in [5.41, 5.74) is 0.975. The monoisotopic (exact) mass is 270 g/mol. The first kappa shape index (κ1) is 13.5. The van der Waals surface area contributed by atoms with Crippen LogP contribution in [0.1, 0.15) is 25.3 Å². The van der Waals surface area contributed by atoms with E-state index in [2.05, 4.69) is 6.92 Å². The van der Waals surface area contributed by atoms with Gasteiger partial charge < -0.3 is 14.2 Å². The van der Waals surface area contributed by atoms with Crippen molar-refractivity contribution < 1.29 is 14.2 Å². The average Bonchev–Trinajstić information content (AvgIpc) is 2.81. The first-order chi connectivity index (χ1) is 8.72. The Labute approximate surface area is 113 Å². The Bertz CT molecular complexity index is 395. The molecule has 0 amide bonds. The summed E-state index contributed by atoms with van der Waals surface area (Å²) in [6.45, 7) is 2.66. The third kappa shape index (κ3) is 3.30. The average molecular weight is 271 g/mol. The second kappa shape index (κ2) is 6.30. The molecule has 0 radical (unpaired) electrons. The maximum absolute atomic E-state index is 5.89. The van der Waals surface area contributed by atoms with Crippen LogP contribution in [0.5, 0.6) is 11.5 Å². The van der Waals surface area contributed by atoms with Crippen molar-refractivity contribution >= 4 is 11.6 Å². The SMILES string of the molecule is COc1ccc(CCl)c(OCC2CCC(C)O2)c1. The molecule has 1 heterocycles. The van der Waals surface area contributed by atoms with Crippen molar-refractivity contribution in [3.8, 4) is 11.5 Å². The van der Waals surface area contributed by atoms with Crippen LogP contribution in [0.15, 0.2) is 18.2 Å². The summed E-state index contributed by atoms with van der Waals surface area (Å²) in [6.07, 6.45) is 2.70. The van der Waals surface area contributed by atoms with Crippen LogP contribution in [0.2, 0.25) is 0 Å². The van der Waals surface area contributed by atoms with Gasteiger partial charge in [-0.1, -0.05) is 6.07 Å². The molecule has 1 aliphatic rings. The summed E-state index contributed by atoms with van der Waals surface area (Å²) >= 11 is 5.89. The second-order valence-electron chi connectivity index (χ2n) is 4.56. The van der Waals surface area contributed by atoms with E-state index in [4.69, 9.17) is 25.8 Å². The van der Waals surface area contributed by atoms with Gasteiger partial charge in [-0.05, 0) is 25.8 Å². The van der Waals surface area contributed by atoms with E-state index in [0.29, 0.717) is 18.6 Å². The standard InChI is InChI=1S/C14H19ClO3/c1-10-3-5-13(18-10)9-17-14-7-12(16-2)6-4-11(14)8-15/h4,6-7,10,13H,3,5,8-9H2,1-2H3. The van der Waals surface area contributed by atoms with Crippen LogP contribution >= 0.6 is 11.6 Å². The lowest BCUT2D eigenvalue weighted by atomic mass is 10.2. The topological polar surface area (TPSA) is 27.7 Å². The molecule has 0 N–H and O–H groups in total. The van der Waals surface area contributed by atoms with Gasteiger partial charge in [0.25, 0.3) is 0 Å².